The van der Waals surface area contributed by atoms with Crippen LogP contribution in [0.1, 0.15) is 12.5 Å². The highest BCUT2D eigenvalue weighted by molar-refractivity contribution is 9.10. The molecule has 0 saturated carbocycles. The molecule has 5 nitrogen and oxygen atoms in total. The number of benzene rings is 1. The molecule has 0 unspecified atom stereocenters. The van der Waals surface area contributed by atoms with Crippen molar-refractivity contribution < 1.29 is 14.3 Å². The Morgan fingerprint density at radius 3 is 2.67 bits per heavy atom. The number of rotatable bonds is 6. The van der Waals surface area contributed by atoms with Gasteiger partial charge in [0.15, 0.2) is 16.7 Å². The van der Waals surface area contributed by atoms with E-state index in [-0.39, 0.29) is 5.91 Å². The molecule has 1 fully saturated rings. The fourth-order valence-electron chi connectivity index (χ4n) is 2.08. The Morgan fingerprint density at radius 1 is 1.38 bits per heavy atom. The van der Waals surface area contributed by atoms with Crippen LogP contribution >= 0.6 is 27.7 Å². The molecule has 0 atom stereocenters. The van der Waals surface area contributed by atoms with E-state index in [1.54, 1.807) is 20.2 Å². The number of hydrogen-bond acceptors (Lipinski definition) is 5. The Morgan fingerprint density at radius 2 is 2.08 bits per heavy atom. The fraction of sp³-hybridized carbons (Fsp3) is 0.294. The summed E-state index contributed by atoms with van der Waals surface area (Å²) in [6.07, 6.45) is 3.50. The molecule has 0 spiro atoms. The van der Waals surface area contributed by atoms with Crippen molar-refractivity contribution in [2.45, 2.75) is 6.92 Å². The third-order valence-corrected chi connectivity index (χ3v) is 5.04. The maximum atomic E-state index is 12.3. The van der Waals surface area contributed by atoms with Crippen LogP contribution in [0.15, 0.2) is 39.2 Å². The van der Waals surface area contributed by atoms with Crippen LogP contribution in [0, 0.1) is 0 Å². The number of carbonyl (C=O) groups excluding carboxylic acids is 1. The van der Waals surface area contributed by atoms with E-state index in [4.69, 9.17) is 9.47 Å². The summed E-state index contributed by atoms with van der Waals surface area (Å²) in [6.45, 7) is 6.47. The molecule has 1 aromatic carbocycles. The first-order valence-corrected chi connectivity index (χ1v) is 8.97. The molecule has 24 heavy (non-hydrogen) atoms. The zero-order valence-electron chi connectivity index (χ0n) is 13.8. The molecule has 128 valence electrons. The van der Waals surface area contributed by atoms with E-state index in [2.05, 4.69) is 27.5 Å². The maximum absolute atomic E-state index is 12.3. The number of carbonyl (C=O) groups is 1. The van der Waals surface area contributed by atoms with E-state index in [1.807, 2.05) is 25.1 Å². The molecule has 0 aromatic heterocycles. The zero-order chi connectivity index (χ0) is 17.7. The summed E-state index contributed by atoms with van der Waals surface area (Å²) in [5.74, 6) is 1.18. The van der Waals surface area contributed by atoms with Gasteiger partial charge < -0.3 is 9.47 Å². The lowest BCUT2D eigenvalue weighted by Crippen LogP contribution is -2.23. The number of ether oxygens (including phenoxy) is 2. The molecule has 1 aliphatic rings. The summed E-state index contributed by atoms with van der Waals surface area (Å²) < 4.78 is 12.1. The average molecular weight is 411 g/mol. The molecule has 1 heterocycles. The minimum absolute atomic E-state index is 0.0718. The molecule has 1 amide bonds. The lowest BCUT2D eigenvalue weighted by molar-refractivity contribution is -0.121. The lowest BCUT2D eigenvalue weighted by atomic mass is 10.2. The van der Waals surface area contributed by atoms with Crippen molar-refractivity contribution in [3.05, 3.63) is 39.7 Å². The highest BCUT2D eigenvalue weighted by Gasteiger charge is 2.30. The van der Waals surface area contributed by atoms with Crippen LogP contribution in [0.5, 0.6) is 11.5 Å². The highest BCUT2D eigenvalue weighted by atomic mass is 79.9. The number of aliphatic imine (C=N–C) groups is 1. The van der Waals surface area contributed by atoms with Gasteiger partial charge >= 0.3 is 0 Å². The van der Waals surface area contributed by atoms with Gasteiger partial charge in [-0.1, -0.05) is 28.6 Å². The first-order chi connectivity index (χ1) is 11.5. The molecular formula is C17H19BrN2O3S. The van der Waals surface area contributed by atoms with Crippen LogP contribution in [0.2, 0.25) is 0 Å². The standard InChI is InChI=1S/C17H19BrN2O3S/c1-5-7-23-14-10-12(18)11(8-13(14)22-6-2)9-15-16(21)20(4)17(19-3)24-15/h5,8-10H,1,6-7H2,2-4H3/b15-9+,19-17?. The van der Waals surface area contributed by atoms with Crippen molar-refractivity contribution in [1.29, 1.82) is 0 Å². The highest BCUT2D eigenvalue weighted by Crippen LogP contribution is 2.37. The number of likely N-dealkylation sites (N-methyl/N-ethyl adjacent to an activating group) is 1. The quantitative estimate of drug-likeness (QED) is 0.526. The smallest absolute Gasteiger partial charge is 0.266 e. The summed E-state index contributed by atoms with van der Waals surface area (Å²) in [5.41, 5.74) is 0.839. The third kappa shape index (κ3) is 4.02. The number of nitrogens with zero attached hydrogens (tertiary/aromatic N) is 2. The summed E-state index contributed by atoms with van der Waals surface area (Å²) in [5, 5.41) is 0.679. The number of amides is 1. The van der Waals surface area contributed by atoms with E-state index in [0.29, 0.717) is 34.8 Å². The average Bonchev–Trinajstić information content (AvgIpc) is 2.84. The predicted octanol–water partition coefficient (Wildman–Crippen LogP) is 3.94. The second kappa shape index (κ2) is 8.39. The molecular weight excluding hydrogens is 392 g/mol. The molecule has 0 aliphatic carbocycles. The van der Waals surface area contributed by atoms with Gasteiger partial charge in [-0.15, -0.1) is 0 Å². The van der Waals surface area contributed by atoms with Crippen LogP contribution in [0.25, 0.3) is 6.08 Å². The normalized spacial score (nSPS) is 17.7. The second-order valence-corrected chi connectivity index (χ2v) is 6.70. The first kappa shape index (κ1) is 18.6. The van der Waals surface area contributed by atoms with Crippen LogP contribution in [0.4, 0.5) is 0 Å². The molecule has 0 bridgehead atoms. The Kier molecular flexibility index (Phi) is 6.51. The number of hydrogen-bond donors (Lipinski definition) is 0. The van der Waals surface area contributed by atoms with Gasteiger partial charge in [0.2, 0.25) is 0 Å². The van der Waals surface area contributed by atoms with Crippen molar-refractivity contribution in [3.63, 3.8) is 0 Å². The summed E-state index contributed by atoms with van der Waals surface area (Å²) in [4.78, 5) is 18.5. The van der Waals surface area contributed by atoms with Crippen LogP contribution < -0.4 is 9.47 Å². The van der Waals surface area contributed by atoms with Crippen LogP contribution in [-0.2, 0) is 4.79 Å². The number of halogens is 1. The fourth-order valence-corrected chi connectivity index (χ4v) is 3.44. The summed E-state index contributed by atoms with van der Waals surface area (Å²) in [7, 11) is 3.38. The Labute approximate surface area is 154 Å². The van der Waals surface area contributed by atoms with Crippen molar-refractivity contribution in [2.75, 3.05) is 27.3 Å². The Balaban J connectivity index is 2.40. The molecule has 0 N–H and O–H groups in total. The van der Waals surface area contributed by atoms with Gasteiger partial charge in [0, 0.05) is 18.6 Å². The molecule has 1 aromatic rings. The summed E-state index contributed by atoms with van der Waals surface area (Å²) in [6, 6.07) is 3.69. The van der Waals surface area contributed by atoms with Gasteiger partial charge in [0.1, 0.15) is 6.61 Å². The van der Waals surface area contributed by atoms with Gasteiger partial charge in [0.25, 0.3) is 5.91 Å². The monoisotopic (exact) mass is 410 g/mol. The molecule has 7 heteroatoms. The predicted molar refractivity (Wildman–Crippen MR) is 103 cm³/mol. The lowest BCUT2D eigenvalue weighted by Gasteiger charge is -2.13. The number of amidine groups is 1. The molecule has 0 radical (unpaired) electrons. The van der Waals surface area contributed by atoms with E-state index in [1.165, 1.54) is 16.7 Å². The first-order valence-electron chi connectivity index (χ1n) is 7.36. The summed E-state index contributed by atoms with van der Waals surface area (Å²) >= 11 is 4.88. The van der Waals surface area contributed by atoms with E-state index in [0.717, 1.165) is 10.0 Å². The van der Waals surface area contributed by atoms with Crippen molar-refractivity contribution in [1.82, 2.24) is 4.90 Å². The van der Waals surface area contributed by atoms with E-state index >= 15 is 0 Å². The minimum atomic E-state index is -0.0718. The van der Waals surface area contributed by atoms with Gasteiger partial charge in [-0.25, -0.2) is 0 Å². The SMILES string of the molecule is C=CCOc1cc(Br)c(/C=C2/SC(=NC)N(C)C2=O)cc1OCC. The van der Waals surface area contributed by atoms with E-state index < -0.39 is 0 Å². The van der Waals surface area contributed by atoms with Crippen molar-refractivity contribution in [3.8, 4) is 11.5 Å². The van der Waals surface area contributed by atoms with Crippen molar-refractivity contribution in [2.24, 2.45) is 4.99 Å². The Bertz CT molecular complexity index is 716. The molecule has 1 saturated heterocycles. The zero-order valence-corrected chi connectivity index (χ0v) is 16.2. The van der Waals surface area contributed by atoms with Crippen molar-refractivity contribution >= 4 is 44.8 Å². The largest absolute Gasteiger partial charge is 0.490 e. The Hall–Kier alpha value is -1.73. The van der Waals surface area contributed by atoms with Gasteiger partial charge in [-0.05, 0) is 42.5 Å². The molecule has 1 aliphatic heterocycles. The second-order valence-electron chi connectivity index (χ2n) is 4.83. The molecule has 2 rings (SSSR count). The van der Waals surface area contributed by atoms with Gasteiger partial charge in [0.05, 0.1) is 11.5 Å². The van der Waals surface area contributed by atoms with Crippen LogP contribution in [0.3, 0.4) is 0 Å². The van der Waals surface area contributed by atoms with Crippen LogP contribution in [-0.4, -0.2) is 43.3 Å². The maximum Gasteiger partial charge on any atom is 0.266 e. The van der Waals surface area contributed by atoms with Gasteiger partial charge in [-0.3, -0.25) is 14.7 Å². The third-order valence-electron chi connectivity index (χ3n) is 3.20. The topological polar surface area (TPSA) is 51.1 Å². The van der Waals surface area contributed by atoms with Gasteiger partial charge in [-0.2, -0.15) is 0 Å². The minimum Gasteiger partial charge on any atom is -0.490 e. The van der Waals surface area contributed by atoms with E-state index in [9.17, 15) is 4.79 Å². The number of thioether (sulfide) groups is 1.